The zero-order chi connectivity index (χ0) is 15.7. The molecule has 0 saturated carbocycles. The van der Waals surface area contributed by atoms with E-state index in [1.807, 2.05) is 11.0 Å². The van der Waals surface area contributed by atoms with Crippen LogP contribution in [0, 0.1) is 17.9 Å². The second-order valence-electron chi connectivity index (χ2n) is 5.09. The average molecular weight is 294 g/mol. The van der Waals surface area contributed by atoms with Gasteiger partial charge in [-0.3, -0.25) is 4.79 Å². The van der Waals surface area contributed by atoms with Gasteiger partial charge in [0, 0.05) is 33.2 Å². The predicted octanol–water partition coefficient (Wildman–Crippen LogP) is 0.766. The van der Waals surface area contributed by atoms with Gasteiger partial charge in [0.05, 0.1) is 5.52 Å². The standard InChI is InChI=1S/C15H14N6O/c1-17-12-4-3-11-13(19-12)14(21-7-5-18-6-8-21)10(9-16)15(22)20(11)2/h3-4,18H,5-8H2,2H3. The van der Waals surface area contributed by atoms with Gasteiger partial charge in [0.15, 0.2) is 0 Å². The van der Waals surface area contributed by atoms with Crippen molar-refractivity contribution in [2.75, 3.05) is 31.1 Å². The molecule has 22 heavy (non-hydrogen) atoms. The molecule has 2 aromatic rings. The van der Waals surface area contributed by atoms with Crippen molar-refractivity contribution in [1.82, 2.24) is 14.9 Å². The zero-order valence-corrected chi connectivity index (χ0v) is 12.1. The Labute approximate surface area is 127 Å². The van der Waals surface area contributed by atoms with E-state index in [-0.39, 0.29) is 16.9 Å². The highest BCUT2D eigenvalue weighted by atomic mass is 16.1. The molecule has 7 nitrogen and oxygen atoms in total. The van der Waals surface area contributed by atoms with E-state index in [2.05, 4.69) is 15.1 Å². The van der Waals surface area contributed by atoms with Crippen LogP contribution < -0.4 is 15.8 Å². The quantitative estimate of drug-likeness (QED) is 0.786. The van der Waals surface area contributed by atoms with Crippen LogP contribution in [0.5, 0.6) is 0 Å². The Morgan fingerprint density at radius 3 is 2.77 bits per heavy atom. The van der Waals surface area contributed by atoms with Crippen molar-refractivity contribution < 1.29 is 0 Å². The van der Waals surface area contributed by atoms with Gasteiger partial charge >= 0.3 is 0 Å². The largest absolute Gasteiger partial charge is 0.364 e. The average Bonchev–Trinajstić information content (AvgIpc) is 2.58. The summed E-state index contributed by atoms with van der Waals surface area (Å²) in [5.74, 6) is 0.256. The molecule has 0 amide bonds. The maximum atomic E-state index is 12.4. The normalized spacial score (nSPS) is 14.6. The number of nitrogens with one attached hydrogen (secondary N) is 1. The lowest BCUT2D eigenvalue weighted by Crippen LogP contribution is -2.44. The monoisotopic (exact) mass is 294 g/mol. The third-order valence-corrected chi connectivity index (χ3v) is 3.86. The summed E-state index contributed by atoms with van der Waals surface area (Å²) in [5.41, 5.74) is 1.47. The number of hydrogen-bond acceptors (Lipinski definition) is 5. The maximum Gasteiger partial charge on any atom is 0.271 e. The summed E-state index contributed by atoms with van der Waals surface area (Å²) in [4.78, 5) is 22.1. The fourth-order valence-electron chi connectivity index (χ4n) is 2.74. The molecule has 7 heteroatoms. The predicted molar refractivity (Wildman–Crippen MR) is 83.0 cm³/mol. The molecule has 0 bridgehead atoms. The third-order valence-electron chi connectivity index (χ3n) is 3.86. The van der Waals surface area contributed by atoms with Gasteiger partial charge in [-0.2, -0.15) is 5.26 Å². The van der Waals surface area contributed by atoms with Crippen molar-refractivity contribution in [1.29, 1.82) is 5.26 Å². The number of pyridine rings is 2. The molecule has 1 fully saturated rings. The second kappa shape index (κ2) is 5.47. The minimum absolute atomic E-state index is 0.0894. The molecule has 1 aliphatic rings. The fraction of sp³-hybridized carbons (Fsp3) is 0.333. The first-order chi connectivity index (χ1) is 10.7. The maximum absolute atomic E-state index is 12.4. The summed E-state index contributed by atoms with van der Waals surface area (Å²) >= 11 is 0. The highest BCUT2D eigenvalue weighted by molar-refractivity contribution is 5.92. The first-order valence-corrected chi connectivity index (χ1v) is 6.94. The Kier molecular flexibility index (Phi) is 3.50. The molecule has 0 aliphatic carbocycles. The van der Waals surface area contributed by atoms with Crippen LogP contribution in [0.2, 0.25) is 0 Å². The summed E-state index contributed by atoms with van der Waals surface area (Å²) in [5, 5.41) is 12.7. The molecule has 2 aromatic heterocycles. The second-order valence-corrected chi connectivity index (χ2v) is 5.09. The number of anilines is 1. The van der Waals surface area contributed by atoms with Gasteiger partial charge in [0.2, 0.25) is 5.52 Å². The van der Waals surface area contributed by atoms with Gasteiger partial charge in [0.1, 0.15) is 17.3 Å². The van der Waals surface area contributed by atoms with E-state index in [9.17, 15) is 10.1 Å². The molecule has 110 valence electrons. The topological polar surface area (TPSA) is 78.3 Å². The van der Waals surface area contributed by atoms with Crippen molar-refractivity contribution in [3.05, 3.63) is 39.5 Å². The van der Waals surface area contributed by atoms with E-state index in [0.717, 1.165) is 13.1 Å². The number of aromatic nitrogens is 2. The summed E-state index contributed by atoms with van der Waals surface area (Å²) in [7, 11) is 1.62. The van der Waals surface area contributed by atoms with Crippen LogP contribution in [-0.4, -0.2) is 35.7 Å². The first kappa shape index (κ1) is 14.1. The van der Waals surface area contributed by atoms with Crippen LogP contribution >= 0.6 is 0 Å². The summed E-state index contributed by atoms with van der Waals surface area (Å²) in [6, 6.07) is 5.32. The van der Waals surface area contributed by atoms with E-state index in [4.69, 9.17) is 6.57 Å². The molecule has 1 N–H and O–H groups in total. The van der Waals surface area contributed by atoms with E-state index in [1.54, 1.807) is 19.2 Å². The number of aryl methyl sites for hydroxylation is 1. The molecule has 1 aliphatic heterocycles. The van der Waals surface area contributed by atoms with E-state index in [0.29, 0.717) is 29.8 Å². The lowest BCUT2D eigenvalue weighted by atomic mass is 10.1. The van der Waals surface area contributed by atoms with Gasteiger partial charge < -0.3 is 19.6 Å². The molecule has 1 saturated heterocycles. The van der Waals surface area contributed by atoms with E-state index < -0.39 is 0 Å². The molecular formula is C15H14N6O. The lowest BCUT2D eigenvalue weighted by molar-refractivity contribution is 0.589. The molecule has 0 spiro atoms. The number of nitriles is 1. The highest BCUT2D eigenvalue weighted by Crippen LogP contribution is 2.28. The Morgan fingerprint density at radius 2 is 2.14 bits per heavy atom. The van der Waals surface area contributed by atoms with Gasteiger partial charge in [-0.15, -0.1) is 4.98 Å². The molecule has 0 atom stereocenters. The fourth-order valence-corrected chi connectivity index (χ4v) is 2.74. The molecule has 3 heterocycles. The van der Waals surface area contributed by atoms with E-state index >= 15 is 0 Å². The van der Waals surface area contributed by atoms with Gasteiger partial charge in [0.25, 0.3) is 11.4 Å². The van der Waals surface area contributed by atoms with E-state index in [1.165, 1.54) is 4.57 Å². The molecular weight excluding hydrogens is 280 g/mol. The molecule has 0 aromatic carbocycles. The van der Waals surface area contributed by atoms with Gasteiger partial charge in [-0.25, -0.2) is 0 Å². The Morgan fingerprint density at radius 1 is 1.41 bits per heavy atom. The number of piperazine rings is 1. The van der Waals surface area contributed by atoms with Crippen molar-refractivity contribution in [3.8, 4) is 6.07 Å². The van der Waals surface area contributed by atoms with Crippen LogP contribution in [-0.2, 0) is 7.05 Å². The van der Waals surface area contributed by atoms with Crippen LogP contribution in [0.15, 0.2) is 16.9 Å². The Hall–Kier alpha value is -2.90. The Bertz CT molecular complexity index is 880. The SMILES string of the molecule is [C-]#[N+]c1ccc2c(n1)c(N1CCNCC1)c(C#N)c(=O)n2C. The van der Waals surface area contributed by atoms with Crippen LogP contribution in [0.1, 0.15) is 5.56 Å². The number of rotatable bonds is 1. The molecule has 3 rings (SSSR count). The number of nitrogens with zero attached hydrogens (tertiary/aromatic N) is 5. The number of hydrogen-bond donors (Lipinski definition) is 1. The van der Waals surface area contributed by atoms with Crippen molar-refractivity contribution in [2.24, 2.45) is 7.05 Å². The third kappa shape index (κ3) is 2.09. The van der Waals surface area contributed by atoms with Crippen molar-refractivity contribution in [2.45, 2.75) is 0 Å². The van der Waals surface area contributed by atoms with Crippen LogP contribution in [0.3, 0.4) is 0 Å². The zero-order valence-electron chi connectivity index (χ0n) is 12.1. The highest BCUT2D eigenvalue weighted by Gasteiger charge is 2.24. The summed E-state index contributed by atoms with van der Waals surface area (Å²) in [6.07, 6.45) is 0. The molecule has 0 radical (unpaired) electrons. The van der Waals surface area contributed by atoms with Crippen molar-refractivity contribution >= 4 is 22.5 Å². The summed E-state index contributed by atoms with van der Waals surface area (Å²) < 4.78 is 1.42. The van der Waals surface area contributed by atoms with Crippen LogP contribution in [0.4, 0.5) is 11.5 Å². The van der Waals surface area contributed by atoms with Crippen molar-refractivity contribution in [3.63, 3.8) is 0 Å². The van der Waals surface area contributed by atoms with Gasteiger partial charge in [-0.1, -0.05) is 6.57 Å². The van der Waals surface area contributed by atoms with Gasteiger partial charge in [-0.05, 0) is 12.1 Å². The molecule has 0 unspecified atom stereocenters. The summed E-state index contributed by atoms with van der Waals surface area (Å²) in [6.45, 7) is 10.1. The first-order valence-electron chi connectivity index (χ1n) is 6.94. The number of fused-ring (bicyclic) bond motifs is 1. The smallest absolute Gasteiger partial charge is 0.271 e. The minimum Gasteiger partial charge on any atom is -0.364 e. The minimum atomic E-state index is -0.333. The Balaban J connectivity index is 2.40. The lowest BCUT2D eigenvalue weighted by Gasteiger charge is -2.30. The van der Waals surface area contributed by atoms with Crippen LogP contribution in [0.25, 0.3) is 15.9 Å².